The van der Waals surface area contributed by atoms with E-state index in [1.165, 1.54) is 6.33 Å². The number of fused-ring (bicyclic) bond motifs is 2. The Morgan fingerprint density at radius 3 is 2.65 bits per heavy atom. The van der Waals surface area contributed by atoms with Gasteiger partial charge in [-0.05, 0) is 24.7 Å². The highest BCUT2D eigenvalue weighted by Gasteiger charge is 2.21. The van der Waals surface area contributed by atoms with Crippen LogP contribution in [-0.4, -0.2) is 59.4 Å². The Morgan fingerprint density at radius 2 is 1.94 bits per heavy atom. The Kier molecular flexibility index (Phi) is 6.38. The largest absolute Gasteiger partial charge is 0.486 e. The van der Waals surface area contributed by atoms with Crippen LogP contribution < -0.4 is 25.4 Å². The number of nitrogens with two attached hydrogens (primary N) is 1. The van der Waals surface area contributed by atoms with Gasteiger partial charge in [-0.1, -0.05) is 13.8 Å². The zero-order valence-corrected chi connectivity index (χ0v) is 19.2. The molecule has 0 amide bonds. The first-order chi connectivity index (χ1) is 14.9. The maximum atomic E-state index is 6.10. The maximum absolute atomic E-state index is 6.10. The summed E-state index contributed by atoms with van der Waals surface area (Å²) >= 11 is 1.57. The van der Waals surface area contributed by atoms with Gasteiger partial charge in [-0.15, -0.1) is 0 Å². The molecule has 3 heterocycles. The molecule has 0 radical (unpaired) electrons. The van der Waals surface area contributed by atoms with Gasteiger partial charge in [-0.3, -0.25) is 0 Å². The van der Waals surface area contributed by atoms with E-state index < -0.39 is 0 Å². The Bertz CT molecular complexity index is 1070. The average Bonchev–Trinajstić information content (AvgIpc) is 3.09. The van der Waals surface area contributed by atoms with E-state index in [2.05, 4.69) is 38.6 Å². The number of aromatic nitrogens is 4. The lowest BCUT2D eigenvalue weighted by atomic mass is 10.2. The lowest BCUT2D eigenvalue weighted by Crippen LogP contribution is -2.24. The van der Waals surface area contributed by atoms with Crippen molar-refractivity contribution in [2.24, 2.45) is 0 Å². The van der Waals surface area contributed by atoms with Gasteiger partial charge in [-0.2, -0.15) is 0 Å². The van der Waals surface area contributed by atoms with Crippen LogP contribution in [0.4, 0.5) is 11.5 Å². The van der Waals surface area contributed by atoms with E-state index in [-0.39, 0.29) is 0 Å². The molecule has 0 aliphatic carbocycles. The molecule has 0 saturated heterocycles. The van der Waals surface area contributed by atoms with E-state index in [1.54, 1.807) is 11.8 Å². The monoisotopic (exact) mass is 443 g/mol. The van der Waals surface area contributed by atoms with Crippen molar-refractivity contribution in [3.63, 3.8) is 0 Å². The van der Waals surface area contributed by atoms with E-state index in [0.717, 1.165) is 52.4 Å². The van der Waals surface area contributed by atoms with Crippen molar-refractivity contribution in [1.82, 2.24) is 24.8 Å². The quantitative estimate of drug-likeness (QED) is 0.509. The third-order valence-electron chi connectivity index (χ3n) is 4.94. The van der Waals surface area contributed by atoms with Gasteiger partial charge < -0.3 is 30.0 Å². The highest BCUT2D eigenvalue weighted by molar-refractivity contribution is 7.99. The van der Waals surface area contributed by atoms with E-state index >= 15 is 0 Å². The zero-order valence-electron chi connectivity index (χ0n) is 18.4. The van der Waals surface area contributed by atoms with Gasteiger partial charge in [0.15, 0.2) is 33.6 Å². The second kappa shape index (κ2) is 9.19. The van der Waals surface area contributed by atoms with Gasteiger partial charge in [0.25, 0.3) is 0 Å². The Balaban J connectivity index is 1.70. The van der Waals surface area contributed by atoms with Crippen LogP contribution in [0.5, 0.6) is 11.5 Å². The molecule has 4 rings (SSSR count). The fraction of sp³-hybridized carbons (Fsp3) is 0.476. The number of anilines is 2. The fourth-order valence-electron chi connectivity index (χ4n) is 3.43. The van der Waals surface area contributed by atoms with Crippen LogP contribution in [0.25, 0.3) is 11.2 Å². The first kappa shape index (κ1) is 21.5. The molecule has 31 heavy (non-hydrogen) atoms. The molecule has 0 saturated carbocycles. The minimum Gasteiger partial charge on any atom is -0.486 e. The summed E-state index contributed by atoms with van der Waals surface area (Å²) in [7, 11) is 4.03. The molecule has 0 spiro atoms. The summed E-state index contributed by atoms with van der Waals surface area (Å²) in [6.45, 7) is 7.08. The molecule has 3 N–H and O–H groups in total. The lowest BCUT2D eigenvalue weighted by molar-refractivity contribution is 0.171. The molecule has 0 atom stereocenters. The Labute approximate surface area is 186 Å². The zero-order chi connectivity index (χ0) is 22.0. The van der Waals surface area contributed by atoms with Crippen molar-refractivity contribution in [3.05, 3.63) is 18.5 Å². The van der Waals surface area contributed by atoms with Gasteiger partial charge in [0, 0.05) is 43.7 Å². The van der Waals surface area contributed by atoms with Gasteiger partial charge in [0.05, 0.1) is 5.69 Å². The molecule has 1 aliphatic heterocycles. The second-order valence-electron chi connectivity index (χ2n) is 7.90. The fourth-order valence-corrected chi connectivity index (χ4v) is 4.56. The van der Waals surface area contributed by atoms with Crippen LogP contribution in [0.2, 0.25) is 0 Å². The summed E-state index contributed by atoms with van der Waals surface area (Å²) in [4.78, 5) is 16.5. The number of imidazole rings is 1. The van der Waals surface area contributed by atoms with Crippen LogP contribution in [0.15, 0.2) is 28.5 Å². The van der Waals surface area contributed by atoms with Crippen LogP contribution >= 0.6 is 11.8 Å². The highest BCUT2D eigenvalue weighted by atomic mass is 32.2. The van der Waals surface area contributed by atoms with Gasteiger partial charge in [-0.25, -0.2) is 15.0 Å². The molecular formula is C21H29N7O2S. The number of nitrogens with zero attached hydrogens (tertiary/aromatic N) is 5. The van der Waals surface area contributed by atoms with Crippen molar-refractivity contribution in [2.75, 3.05) is 44.5 Å². The topological polar surface area (TPSA) is 103 Å². The number of ether oxygens (including phenoxy) is 2. The molecule has 1 aromatic carbocycles. The average molecular weight is 444 g/mol. The first-order valence-electron chi connectivity index (χ1n) is 10.4. The molecule has 3 aromatic rings. The van der Waals surface area contributed by atoms with Gasteiger partial charge in [0.1, 0.15) is 19.5 Å². The summed E-state index contributed by atoms with van der Waals surface area (Å²) in [5, 5.41) is 4.29. The lowest BCUT2D eigenvalue weighted by Gasteiger charge is -2.23. The molecule has 166 valence electrons. The van der Waals surface area contributed by atoms with E-state index in [9.17, 15) is 0 Å². The number of rotatable bonds is 8. The van der Waals surface area contributed by atoms with Crippen molar-refractivity contribution in [3.8, 4) is 11.5 Å². The smallest absolute Gasteiger partial charge is 0.175 e. The summed E-state index contributed by atoms with van der Waals surface area (Å²) in [6.07, 6.45) is 2.44. The second-order valence-corrected chi connectivity index (χ2v) is 8.91. The molecule has 9 nitrogen and oxygen atoms in total. The predicted octanol–water partition coefficient (Wildman–Crippen LogP) is 2.78. The van der Waals surface area contributed by atoms with Crippen molar-refractivity contribution >= 4 is 34.4 Å². The van der Waals surface area contributed by atoms with E-state index in [0.29, 0.717) is 30.6 Å². The third-order valence-corrected chi connectivity index (χ3v) is 5.98. The molecule has 0 fully saturated rings. The van der Waals surface area contributed by atoms with Gasteiger partial charge in [0.2, 0.25) is 0 Å². The summed E-state index contributed by atoms with van der Waals surface area (Å²) in [5.74, 6) is 1.91. The highest BCUT2D eigenvalue weighted by Crippen LogP contribution is 2.43. The molecule has 0 bridgehead atoms. The summed E-state index contributed by atoms with van der Waals surface area (Å²) in [6, 6.07) is 4.49. The Morgan fingerprint density at radius 1 is 1.19 bits per heavy atom. The molecule has 1 aliphatic rings. The standard InChI is InChI=1S/C21H29N7O2S/c1-13(2)23-6-5-7-28-20-18(19(22)24-12-25-20)26-21(28)31-17-11-16-15(29-8-9-30-16)10-14(17)27(3)4/h10-13,23H,5-9H2,1-4H3,(H2,22,24,25). The molecular weight excluding hydrogens is 414 g/mol. The minimum atomic E-state index is 0.390. The Hall–Kier alpha value is -2.72. The minimum absolute atomic E-state index is 0.390. The summed E-state index contributed by atoms with van der Waals surface area (Å²) < 4.78 is 13.7. The molecule has 2 aromatic heterocycles. The van der Waals surface area contributed by atoms with E-state index in [1.807, 2.05) is 26.2 Å². The SMILES string of the molecule is CC(C)NCCCn1c(Sc2cc3c(cc2N(C)C)OCCO3)nc2c(N)ncnc21. The number of benzene rings is 1. The van der Waals surface area contributed by atoms with Crippen LogP contribution in [-0.2, 0) is 6.54 Å². The number of aryl methyl sites for hydroxylation is 1. The van der Waals surface area contributed by atoms with Crippen molar-refractivity contribution in [2.45, 2.75) is 42.9 Å². The number of nitrogen functional groups attached to an aromatic ring is 1. The normalized spacial score (nSPS) is 13.2. The number of hydrogen-bond acceptors (Lipinski definition) is 9. The van der Waals surface area contributed by atoms with Crippen LogP contribution in [0.3, 0.4) is 0 Å². The maximum Gasteiger partial charge on any atom is 0.175 e. The molecule has 0 unspecified atom stereocenters. The number of nitrogens with one attached hydrogen (secondary N) is 1. The predicted molar refractivity (Wildman–Crippen MR) is 123 cm³/mol. The van der Waals surface area contributed by atoms with Crippen LogP contribution in [0.1, 0.15) is 20.3 Å². The molecule has 10 heteroatoms. The van der Waals surface area contributed by atoms with Crippen LogP contribution in [0, 0.1) is 0 Å². The third kappa shape index (κ3) is 4.64. The van der Waals surface area contributed by atoms with E-state index in [4.69, 9.17) is 20.2 Å². The van der Waals surface area contributed by atoms with Crippen molar-refractivity contribution < 1.29 is 9.47 Å². The summed E-state index contributed by atoms with van der Waals surface area (Å²) in [5.41, 5.74) is 8.52. The number of hydrogen-bond donors (Lipinski definition) is 2. The first-order valence-corrected chi connectivity index (χ1v) is 11.2. The van der Waals surface area contributed by atoms with Crippen molar-refractivity contribution in [1.29, 1.82) is 0 Å². The van der Waals surface area contributed by atoms with Gasteiger partial charge >= 0.3 is 0 Å².